The van der Waals surface area contributed by atoms with Gasteiger partial charge in [-0.1, -0.05) is 19.8 Å². The normalized spacial score (nSPS) is 10.3. The van der Waals surface area contributed by atoms with Crippen LogP contribution in [0.5, 0.6) is 5.75 Å². The summed E-state index contributed by atoms with van der Waals surface area (Å²) in [4.78, 5) is 38.3. The topological polar surface area (TPSA) is 84.9 Å². The highest BCUT2D eigenvalue weighted by molar-refractivity contribution is 5.97. The summed E-state index contributed by atoms with van der Waals surface area (Å²) in [7, 11) is 0. The van der Waals surface area contributed by atoms with E-state index in [4.69, 9.17) is 9.47 Å². The Morgan fingerprint density at radius 3 is 2.06 bits per heavy atom. The molecule has 2 rings (SSSR count). The van der Waals surface area contributed by atoms with Crippen molar-refractivity contribution in [1.82, 2.24) is 4.90 Å². The van der Waals surface area contributed by atoms with Crippen molar-refractivity contribution in [2.24, 2.45) is 0 Å². The molecule has 172 valence electrons. The lowest BCUT2D eigenvalue weighted by atomic mass is 10.2. The van der Waals surface area contributed by atoms with Crippen molar-refractivity contribution in [3.63, 3.8) is 0 Å². The number of rotatable bonds is 12. The quantitative estimate of drug-likeness (QED) is 0.387. The number of esters is 1. The van der Waals surface area contributed by atoms with E-state index in [0.717, 1.165) is 19.3 Å². The van der Waals surface area contributed by atoms with Crippen molar-refractivity contribution in [3.05, 3.63) is 59.7 Å². The van der Waals surface area contributed by atoms with E-state index in [1.807, 2.05) is 13.8 Å². The SMILES string of the molecule is CCCCCOc1ccc(C(=O)OCC(=O)Nc2ccc(C(=O)N(CC)CC)cc2)cc1. The van der Waals surface area contributed by atoms with Crippen LogP contribution in [0.25, 0.3) is 0 Å². The second-order valence-electron chi connectivity index (χ2n) is 7.26. The van der Waals surface area contributed by atoms with Crippen molar-refractivity contribution in [2.75, 3.05) is 31.6 Å². The van der Waals surface area contributed by atoms with Crippen LogP contribution >= 0.6 is 0 Å². The van der Waals surface area contributed by atoms with E-state index in [1.165, 1.54) is 0 Å². The zero-order valence-electron chi connectivity index (χ0n) is 19.1. The minimum atomic E-state index is -0.585. The number of ether oxygens (including phenoxy) is 2. The molecular formula is C25H32N2O5. The van der Waals surface area contributed by atoms with E-state index >= 15 is 0 Å². The molecule has 0 aliphatic heterocycles. The molecule has 7 nitrogen and oxygen atoms in total. The molecule has 32 heavy (non-hydrogen) atoms. The average molecular weight is 441 g/mol. The van der Waals surface area contributed by atoms with Crippen molar-refractivity contribution in [3.8, 4) is 5.75 Å². The van der Waals surface area contributed by atoms with Gasteiger partial charge in [0.1, 0.15) is 5.75 Å². The summed E-state index contributed by atoms with van der Waals surface area (Å²) >= 11 is 0. The number of hydrogen-bond acceptors (Lipinski definition) is 5. The first-order valence-corrected chi connectivity index (χ1v) is 11.1. The van der Waals surface area contributed by atoms with Crippen molar-refractivity contribution in [2.45, 2.75) is 40.0 Å². The van der Waals surface area contributed by atoms with Crippen molar-refractivity contribution >= 4 is 23.5 Å². The molecule has 0 unspecified atom stereocenters. The lowest BCUT2D eigenvalue weighted by molar-refractivity contribution is -0.119. The number of benzene rings is 2. The fourth-order valence-corrected chi connectivity index (χ4v) is 3.03. The van der Waals surface area contributed by atoms with Crippen LogP contribution in [0, 0.1) is 0 Å². The lowest BCUT2D eigenvalue weighted by Crippen LogP contribution is -2.30. The Kier molecular flexibility index (Phi) is 10.2. The molecule has 0 fully saturated rings. The number of carbonyl (C=O) groups is 3. The highest BCUT2D eigenvalue weighted by Crippen LogP contribution is 2.14. The highest BCUT2D eigenvalue weighted by atomic mass is 16.5. The second-order valence-corrected chi connectivity index (χ2v) is 7.26. The van der Waals surface area contributed by atoms with Crippen LogP contribution in [0.2, 0.25) is 0 Å². The van der Waals surface area contributed by atoms with Crippen LogP contribution in [-0.2, 0) is 9.53 Å². The summed E-state index contributed by atoms with van der Waals surface area (Å²) in [6.45, 7) is 7.48. The fourth-order valence-electron chi connectivity index (χ4n) is 3.03. The number of hydrogen-bond donors (Lipinski definition) is 1. The monoisotopic (exact) mass is 440 g/mol. The molecule has 0 aliphatic rings. The van der Waals surface area contributed by atoms with Gasteiger partial charge in [0, 0.05) is 24.3 Å². The number of anilines is 1. The number of unbranched alkanes of at least 4 members (excludes halogenated alkanes) is 2. The minimum Gasteiger partial charge on any atom is -0.494 e. The zero-order chi connectivity index (χ0) is 23.3. The molecule has 2 aromatic carbocycles. The van der Waals surface area contributed by atoms with E-state index in [-0.39, 0.29) is 5.91 Å². The maximum atomic E-state index is 12.3. The minimum absolute atomic E-state index is 0.0563. The van der Waals surface area contributed by atoms with Gasteiger partial charge in [0.15, 0.2) is 6.61 Å². The van der Waals surface area contributed by atoms with Gasteiger partial charge in [0.25, 0.3) is 11.8 Å². The van der Waals surface area contributed by atoms with E-state index in [0.29, 0.717) is 42.3 Å². The standard InChI is InChI=1S/C25H32N2O5/c1-4-7-8-17-31-22-15-11-20(12-16-22)25(30)32-18-23(28)26-21-13-9-19(10-14-21)24(29)27(5-2)6-3/h9-16H,4-8,17-18H2,1-3H3,(H,26,28). The van der Waals surface area contributed by atoms with Crippen LogP contribution in [0.1, 0.15) is 60.7 Å². The number of nitrogens with zero attached hydrogens (tertiary/aromatic N) is 1. The van der Waals surface area contributed by atoms with Gasteiger partial charge in [-0.2, -0.15) is 0 Å². The number of amides is 2. The molecule has 0 saturated carbocycles. The van der Waals surface area contributed by atoms with Gasteiger partial charge >= 0.3 is 5.97 Å². The Hall–Kier alpha value is -3.35. The van der Waals surface area contributed by atoms with Gasteiger partial charge in [0.05, 0.1) is 12.2 Å². The summed E-state index contributed by atoms with van der Waals surface area (Å²) < 4.78 is 10.7. The smallest absolute Gasteiger partial charge is 0.338 e. The molecule has 0 radical (unpaired) electrons. The molecule has 0 atom stereocenters. The van der Waals surface area contributed by atoms with Gasteiger partial charge in [-0.05, 0) is 68.8 Å². The molecule has 0 heterocycles. The van der Waals surface area contributed by atoms with Crippen LogP contribution in [0.15, 0.2) is 48.5 Å². The molecule has 1 N–H and O–H groups in total. The Bertz CT molecular complexity index is 874. The molecule has 0 aromatic heterocycles. The largest absolute Gasteiger partial charge is 0.494 e. The molecule has 0 spiro atoms. The Morgan fingerprint density at radius 2 is 1.47 bits per heavy atom. The van der Waals surface area contributed by atoms with Crippen LogP contribution in [0.4, 0.5) is 5.69 Å². The predicted octanol–water partition coefficient (Wildman–Crippen LogP) is 4.53. The molecule has 2 aromatic rings. The molecule has 0 saturated heterocycles. The predicted molar refractivity (Wildman–Crippen MR) is 124 cm³/mol. The third-order valence-corrected chi connectivity index (χ3v) is 4.91. The highest BCUT2D eigenvalue weighted by Gasteiger charge is 2.13. The average Bonchev–Trinajstić information content (AvgIpc) is 2.82. The molecular weight excluding hydrogens is 408 g/mol. The van der Waals surface area contributed by atoms with Gasteiger partial charge in [0.2, 0.25) is 0 Å². The van der Waals surface area contributed by atoms with Crippen LogP contribution in [0.3, 0.4) is 0 Å². The molecule has 7 heteroatoms. The molecule has 2 amide bonds. The third kappa shape index (κ3) is 7.72. The first-order valence-electron chi connectivity index (χ1n) is 11.1. The van der Waals surface area contributed by atoms with Crippen LogP contribution in [-0.4, -0.2) is 49.0 Å². The molecule has 0 aliphatic carbocycles. The second kappa shape index (κ2) is 13.1. The van der Waals surface area contributed by atoms with Gasteiger partial charge in [-0.15, -0.1) is 0 Å². The summed E-state index contributed by atoms with van der Waals surface area (Å²) in [6, 6.07) is 13.3. The Morgan fingerprint density at radius 1 is 0.844 bits per heavy atom. The summed E-state index contributed by atoms with van der Waals surface area (Å²) in [6.07, 6.45) is 3.23. The first-order chi connectivity index (χ1) is 15.5. The van der Waals surface area contributed by atoms with E-state index < -0.39 is 18.5 Å². The van der Waals surface area contributed by atoms with Crippen molar-refractivity contribution < 1.29 is 23.9 Å². The van der Waals surface area contributed by atoms with Crippen molar-refractivity contribution in [1.29, 1.82) is 0 Å². The Balaban J connectivity index is 1.80. The summed E-state index contributed by atoms with van der Waals surface area (Å²) in [5.41, 5.74) is 1.42. The summed E-state index contributed by atoms with van der Waals surface area (Å²) in [5, 5.41) is 2.65. The summed E-state index contributed by atoms with van der Waals surface area (Å²) in [5.74, 6) is -0.410. The van der Waals surface area contributed by atoms with Crippen LogP contribution < -0.4 is 10.1 Å². The molecule has 0 bridgehead atoms. The van der Waals surface area contributed by atoms with E-state index in [1.54, 1.807) is 53.4 Å². The number of carbonyl (C=O) groups excluding carboxylic acids is 3. The van der Waals surface area contributed by atoms with E-state index in [9.17, 15) is 14.4 Å². The maximum absolute atomic E-state index is 12.3. The van der Waals surface area contributed by atoms with E-state index in [2.05, 4.69) is 12.2 Å². The number of nitrogens with one attached hydrogen (secondary N) is 1. The lowest BCUT2D eigenvalue weighted by Gasteiger charge is -2.18. The first kappa shape index (κ1) is 24.9. The maximum Gasteiger partial charge on any atom is 0.338 e. The Labute approximate surface area is 189 Å². The van der Waals surface area contributed by atoms with Gasteiger partial charge < -0.3 is 19.7 Å². The fraction of sp³-hybridized carbons (Fsp3) is 0.400. The third-order valence-electron chi connectivity index (χ3n) is 4.91. The van der Waals surface area contributed by atoms with Gasteiger partial charge in [-0.25, -0.2) is 4.79 Å². The van der Waals surface area contributed by atoms with Gasteiger partial charge in [-0.3, -0.25) is 9.59 Å². The zero-order valence-corrected chi connectivity index (χ0v) is 19.1.